The van der Waals surface area contributed by atoms with Crippen LogP contribution in [0.2, 0.25) is 0 Å². The molecule has 0 spiro atoms. The van der Waals surface area contributed by atoms with Crippen LogP contribution in [0.5, 0.6) is 0 Å². The molecule has 3 rings (SSSR count). The Morgan fingerprint density at radius 2 is 1.88 bits per heavy atom. The Balaban J connectivity index is 2.00. The number of hydrogen-bond acceptors (Lipinski definition) is 5. The Morgan fingerprint density at radius 3 is 2.53 bits per heavy atom. The number of hydrogen-bond donors (Lipinski definition) is 1. The zero-order valence-corrected chi connectivity index (χ0v) is 20.1. The van der Waals surface area contributed by atoms with E-state index in [9.17, 15) is 9.59 Å². The number of thioether (sulfide) groups is 1. The number of fused-ring (bicyclic) bond motifs is 1. The fraction of sp³-hybridized carbons (Fsp3) is 0.346. The number of nitrogens with one attached hydrogen (secondary N) is 1. The molecule has 0 fully saturated rings. The molecule has 0 heterocycles. The maximum absolute atomic E-state index is 13.0. The molecule has 0 atom stereocenters. The van der Waals surface area contributed by atoms with Crippen molar-refractivity contribution in [1.29, 1.82) is 0 Å². The number of anilines is 1. The first-order valence-corrected chi connectivity index (χ1v) is 12.5. The van der Waals surface area contributed by atoms with Crippen LogP contribution in [-0.4, -0.2) is 49.0 Å². The fourth-order valence-corrected chi connectivity index (χ4v) is 4.09. The van der Waals surface area contributed by atoms with Crippen molar-refractivity contribution < 1.29 is 9.59 Å². The molecule has 0 saturated carbocycles. The number of benzene rings is 2. The monoisotopic (exact) mass is 449 g/mol. The Labute approximate surface area is 195 Å². The van der Waals surface area contributed by atoms with Gasteiger partial charge >= 0.3 is 0 Å². The van der Waals surface area contributed by atoms with Gasteiger partial charge in [0.2, 0.25) is 0 Å². The summed E-state index contributed by atoms with van der Waals surface area (Å²) in [7, 11) is 0. The summed E-state index contributed by atoms with van der Waals surface area (Å²) in [5.74, 6) is 0.186. The number of nitrogens with zero attached hydrogens (tertiary/aromatic N) is 2. The van der Waals surface area contributed by atoms with Crippen molar-refractivity contribution in [2.75, 3.05) is 36.5 Å². The van der Waals surface area contributed by atoms with Gasteiger partial charge in [-0.05, 0) is 56.4 Å². The van der Waals surface area contributed by atoms with Crippen molar-refractivity contribution in [3.63, 3.8) is 0 Å². The molecule has 0 bridgehead atoms. The highest BCUT2D eigenvalue weighted by molar-refractivity contribution is 7.98. The van der Waals surface area contributed by atoms with E-state index in [2.05, 4.69) is 36.2 Å². The number of amides is 1. The van der Waals surface area contributed by atoms with E-state index in [0.717, 1.165) is 42.1 Å². The summed E-state index contributed by atoms with van der Waals surface area (Å²) in [5, 5.41) is 2.84. The van der Waals surface area contributed by atoms with Gasteiger partial charge < -0.3 is 10.2 Å². The molecule has 0 aliphatic heterocycles. The van der Waals surface area contributed by atoms with Crippen molar-refractivity contribution in [2.45, 2.75) is 27.2 Å². The van der Waals surface area contributed by atoms with E-state index in [1.165, 1.54) is 5.69 Å². The van der Waals surface area contributed by atoms with Gasteiger partial charge in [0.15, 0.2) is 5.78 Å². The van der Waals surface area contributed by atoms with Crippen LogP contribution in [0.3, 0.4) is 0 Å². The van der Waals surface area contributed by atoms with Gasteiger partial charge in [0.05, 0.1) is 17.0 Å². The number of rotatable bonds is 9. The average molecular weight is 450 g/mol. The summed E-state index contributed by atoms with van der Waals surface area (Å²) in [6.07, 6.45) is 4.70. The lowest BCUT2D eigenvalue weighted by Gasteiger charge is -2.23. The number of Topliss-reactive ketones (excluding diaryl/α,β-unsaturated/α-hetero) is 1. The molecular formula is C26H31N3O2S. The van der Waals surface area contributed by atoms with E-state index in [1.54, 1.807) is 23.9 Å². The summed E-state index contributed by atoms with van der Waals surface area (Å²) in [4.78, 5) is 32.9. The number of aliphatic imine (C=N–C) groups is 1. The molecule has 32 heavy (non-hydrogen) atoms. The summed E-state index contributed by atoms with van der Waals surface area (Å²) in [6, 6.07) is 13.6. The molecule has 5 nitrogen and oxygen atoms in total. The quantitative estimate of drug-likeness (QED) is 0.434. The predicted octanol–water partition coefficient (Wildman–Crippen LogP) is 4.95. The Morgan fingerprint density at radius 1 is 1.12 bits per heavy atom. The van der Waals surface area contributed by atoms with Gasteiger partial charge in [-0.15, -0.1) is 0 Å². The summed E-state index contributed by atoms with van der Waals surface area (Å²) in [5.41, 5.74) is 5.10. The molecule has 2 aromatic rings. The molecule has 1 aliphatic rings. The molecule has 6 heteroatoms. The number of ketones is 1. The average Bonchev–Trinajstić information content (AvgIpc) is 2.80. The van der Waals surface area contributed by atoms with Crippen molar-refractivity contribution in [1.82, 2.24) is 5.32 Å². The largest absolute Gasteiger partial charge is 0.372 e. The van der Waals surface area contributed by atoms with E-state index in [0.29, 0.717) is 17.8 Å². The lowest BCUT2D eigenvalue weighted by atomic mass is 9.88. The second-order valence-corrected chi connectivity index (χ2v) is 8.71. The Hall–Kier alpha value is -2.86. The number of carbonyl (C=O) groups is 2. The van der Waals surface area contributed by atoms with Gasteiger partial charge in [-0.3, -0.25) is 9.59 Å². The van der Waals surface area contributed by atoms with E-state index in [1.807, 2.05) is 37.4 Å². The van der Waals surface area contributed by atoms with Gasteiger partial charge in [0, 0.05) is 42.2 Å². The normalized spacial score (nSPS) is 14.2. The topological polar surface area (TPSA) is 61.8 Å². The second-order valence-electron chi connectivity index (χ2n) is 7.73. The van der Waals surface area contributed by atoms with E-state index in [4.69, 9.17) is 4.99 Å². The molecule has 0 aromatic heterocycles. The maximum Gasteiger partial charge on any atom is 0.255 e. The van der Waals surface area contributed by atoms with Crippen LogP contribution in [0.25, 0.3) is 0 Å². The van der Waals surface area contributed by atoms with Crippen LogP contribution >= 0.6 is 11.8 Å². The van der Waals surface area contributed by atoms with E-state index in [-0.39, 0.29) is 17.3 Å². The highest BCUT2D eigenvalue weighted by Gasteiger charge is 2.28. The van der Waals surface area contributed by atoms with Gasteiger partial charge in [-0.25, -0.2) is 4.99 Å². The van der Waals surface area contributed by atoms with E-state index < -0.39 is 0 Å². The smallest absolute Gasteiger partial charge is 0.255 e. The molecule has 1 N–H and O–H groups in total. The van der Waals surface area contributed by atoms with Crippen molar-refractivity contribution in [3.05, 3.63) is 70.8 Å². The molecule has 0 radical (unpaired) electrons. The zero-order chi connectivity index (χ0) is 23.1. The third kappa shape index (κ3) is 5.30. The molecule has 1 aliphatic carbocycles. The summed E-state index contributed by atoms with van der Waals surface area (Å²) in [6.45, 7) is 8.86. The molecule has 1 amide bonds. The molecule has 168 valence electrons. The third-order valence-corrected chi connectivity index (χ3v) is 6.08. The molecule has 0 saturated heterocycles. The Kier molecular flexibility index (Phi) is 8.28. The molecular weight excluding hydrogens is 418 g/mol. The predicted molar refractivity (Wildman–Crippen MR) is 136 cm³/mol. The Bertz CT molecular complexity index is 1060. The SMILES string of the molecule is CCCN(CC)c1ccc(N=C2C=C(C(=O)NCCSC)C(=O)c3ccccc32)c(C)c1. The van der Waals surface area contributed by atoms with Crippen molar-refractivity contribution >= 4 is 40.5 Å². The first kappa shape index (κ1) is 23.8. The minimum Gasteiger partial charge on any atom is -0.372 e. The number of carbonyl (C=O) groups excluding carboxylic acids is 2. The second kappa shape index (κ2) is 11.1. The van der Waals surface area contributed by atoms with Crippen LogP contribution in [0, 0.1) is 6.92 Å². The van der Waals surface area contributed by atoms with Gasteiger partial charge in [0.1, 0.15) is 0 Å². The first-order chi connectivity index (χ1) is 15.5. The fourth-order valence-electron chi connectivity index (χ4n) is 3.78. The lowest BCUT2D eigenvalue weighted by Crippen LogP contribution is -2.33. The summed E-state index contributed by atoms with van der Waals surface area (Å²) >= 11 is 1.64. The highest BCUT2D eigenvalue weighted by atomic mass is 32.2. The van der Waals surface area contributed by atoms with Crippen LogP contribution in [0.1, 0.15) is 41.8 Å². The standard InChI is InChI=1S/C26H31N3O2S/c1-5-14-29(6-2)19-11-12-23(18(3)16-19)28-24-17-22(26(31)27-13-15-32-4)25(30)21-10-8-7-9-20(21)24/h7-12,16-17H,5-6,13-15H2,1-4H3,(H,27,31). The van der Waals surface area contributed by atoms with Gasteiger partial charge in [0.25, 0.3) is 5.91 Å². The summed E-state index contributed by atoms with van der Waals surface area (Å²) < 4.78 is 0. The van der Waals surface area contributed by atoms with Gasteiger partial charge in [-0.2, -0.15) is 11.8 Å². The van der Waals surface area contributed by atoms with Crippen LogP contribution < -0.4 is 10.2 Å². The maximum atomic E-state index is 13.0. The van der Waals surface area contributed by atoms with Crippen LogP contribution in [0.15, 0.2) is 59.1 Å². The number of allylic oxidation sites excluding steroid dienone is 1. The minimum atomic E-state index is -0.350. The number of aryl methyl sites for hydroxylation is 1. The third-order valence-electron chi connectivity index (χ3n) is 5.47. The van der Waals surface area contributed by atoms with Crippen molar-refractivity contribution in [3.8, 4) is 0 Å². The lowest BCUT2D eigenvalue weighted by molar-refractivity contribution is -0.117. The molecule has 0 unspecified atom stereocenters. The zero-order valence-electron chi connectivity index (χ0n) is 19.3. The minimum absolute atomic E-state index is 0.137. The highest BCUT2D eigenvalue weighted by Crippen LogP contribution is 2.29. The van der Waals surface area contributed by atoms with E-state index >= 15 is 0 Å². The van der Waals surface area contributed by atoms with Crippen LogP contribution in [0.4, 0.5) is 11.4 Å². The van der Waals surface area contributed by atoms with Crippen molar-refractivity contribution in [2.24, 2.45) is 4.99 Å². The van der Waals surface area contributed by atoms with Gasteiger partial charge in [-0.1, -0.05) is 31.2 Å². The van der Waals surface area contributed by atoms with Crippen LogP contribution in [-0.2, 0) is 4.79 Å². The molecule has 2 aromatic carbocycles. The first-order valence-electron chi connectivity index (χ1n) is 11.1.